The van der Waals surface area contributed by atoms with E-state index in [-0.39, 0.29) is 11.7 Å². The second-order valence-corrected chi connectivity index (χ2v) is 5.61. The molecule has 0 saturated heterocycles. The molecule has 3 aromatic rings. The Morgan fingerprint density at radius 2 is 1.85 bits per heavy atom. The summed E-state index contributed by atoms with van der Waals surface area (Å²) in [5.74, 6) is -0.00914. The predicted octanol–water partition coefficient (Wildman–Crippen LogP) is 3.87. The Hall–Kier alpha value is -2.02. The molecule has 0 saturated carbocycles. The molecule has 5 heteroatoms. The van der Waals surface area contributed by atoms with Gasteiger partial charge >= 0.3 is 0 Å². The van der Waals surface area contributed by atoms with Crippen LogP contribution in [0.15, 0.2) is 52.9 Å². The number of nitrogens with two attached hydrogens (primary N) is 1. The highest BCUT2D eigenvalue weighted by Crippen LogP contribution is 2.22. The molecule has 0 radical (unpaired) electrons. The molecule has 1 aromatic heterocycles. The average Bonchev–Trinajstić information content (AvgIpc) is 2.84. The van der Waals surface area contributed by atoms with Gasteiger partial charge in [0.25, 0.3) is 5.91 Å². The number of fused-ring (bicyclic) bond motifs is 1. The first kappa shape index (κ1) is 13.0. The number of amides is 1. The van der Waals surface area contributed by atoms with Gasteiger partial charge in [-0.3, -0.25) is 4.79 Å². The molecule has 1 amide bonds. The smallest absolute Gasteiger partial charge is 0.291 e. The maximum atomic E-state index is 12.1. The van der Waals surface area contributed by atoms with Gasteiger partial charge in [0, 0.05) is 20.3 Å². The zero-order valence-electron chi connectivity index (χ0n) is 10.4. The van der Waals surface area contributed by atoms with E-state index in [1.54, 1.807) is 24.3 Å². The standard InChI is InChI=1S/C15H11IN2O2/c16-10-1-4-12(5-2-10)18-15(19)14-8-9-7-11(17)3-6-13(9)20-14/h1-8H,17H2,(H,18,19). The minimum Gasteiger partial charge on any atom is -0.451 e. The Bertz CT molecular complexity index is 778. The van der Waals surface area contributed by atoms with Crippen LogP contribution in [-0.4, -0.2) is 5.91 Å². The first-order chi connectivity index (χ1) is 9.61. The number of furan rings is 1. The number of hydrogen-bond donors (Lipinski definition) is 2. The number of hydrogen-bond acceptors (Lipinski definition) is 3. The SMILES string of the molecule is Nc1ccc2oc(C(=O)Nc3ccc(I)cc3)cc2c1. The summed E-state index contributed by atoms with van der Waals surface area (Å²) < 4.78 is 6.62. The Kier molecular flexibility index (Phi) is 3.35. The van der Waals surface area contributed by atoms with Crippen molar-refractivity contribution >= 4 is 50.8 Å². The molecule has 0 bridgehead atoms. The fourth-order valence-corrected chi connectivity index (χ4v) is 2.26. The van der Waals surface area contributed by atoms with Gasteiger partial charge in [0.05, 0.1) is 0 Å². The van der Waals surface area contributed by atoms with Crippen molar-refractivity contribution in [2.45, 2.75) is 0 Å². The molecule has 4 nitrogen and oxygen atoms in total. The molecule has 3 N–H and O–H groups in total. The predicted molar refractivity (Wildman–Crippen MR) is 87.7 cm³/mol. The lowest BCUT2D eigenvalue weighted by atomic mass is 10.2. The maximum Gasteiger partial charge on any atom is 0.291 e. The van der Waals surface area contributed by atoms with Crippen molar-refractivity contribution in [2.75, 3.05) is 11.1 Å². The summed E-state index contributed by atoms with van der Waals surface area (Å²) >= 11 is 2.21. The van der Waals surface area contributed by atoms with E-state index < -0.39 is 0 Å². The molecular weight excluding hydrogens is 367 g/mol. The normalized spacial score (nSPS) is 10.7. The van der Waals surface area contributed by atoms with Gasteiger partial charge in [-0.1, -0.05) is 0 Å². The molecule has 0 aliphatic rings. The molecule has 0 spiro atoms. The average molecular weight is 378 g/mol. The van der Waals surface area contributed by atoms with Crippen molar-refractivity contribution in [3.63, 3.8) is 0 Å². The summed E-state index contributed by atoms with van der Waals surface area (Å²) in [5.41, 5.74) is 7.72. The van der Waals surface area contributed by atoms with Gasteiger partial charge < -0.3 is 15.5 Å². The zero-order chi connectivity index (χ0) is 14.1. The van der Waals surface area contributed by atoms with Crippen LogP contribution in [0.5, 0.6) is 0 Å². The highest BCUT2D eigenvalue weighted by Gasteiger charge is 2.12. The van der Waals surface area contributed by atoms with Gasteiger partial charge in [-0.25, -0.2) is 0 Å². The van der Waals surface area contributed by atoms with E-state index in [0.717, 1.165) is 14.6 Å². The van der Waals surface area contributed by atoms with Crippen molar-refractivity contribution in [3.05, 3.63) is 57.9 Å². The summed E-state index contributed by atoms with van der Waals surface area (Å²) in [6.07, 6.45) is 0. The van der Waals surface area contributed by atoms with E-state index in [2.05, 4.69) is 27.9 Å². The summed E-state index contributed by atoms with van der Waals surface area (Å²) in [5, 5.41) is 3.61. The van der Waals surface area contributed by atoms with Crippen LogP contribution in [0.1, 0.15) is 10.6 Å². The first-order valence-electron chi connectivity index (χ1n) is 5.98. The fraction of sp³-hybridized carbons (Fsp3) is 0. The number of anilines is 2. The number of nitrogen functional groups attached to an aromatic ring is 1. The van der Waals surface area contributed by atoms with E-state index in [9.17, 15) is 4.79 Å². The minimum atomic E-state index is -0.277. The number of rotatable bonds is 2. The largest absolute Gasteiger partial charge is 0.451 e. The van der Waals surface area contributed by atoms with E-state index in [4.69, 9.17) is 10.2 Å². The van der Waals surface area contributed by atoms with Gasteiger partial charge in [0.15, 0.2) is 5.76 Å². The van der Waals surface area contributed by atoms with Crippen LogP contribution in [0.2, 0.25) is 0 Å². The molecular formula is C15H11IN2O2. The summed E-state index contributed by atoms with van der Waals surface area (Å²) in [6.45, 7) is 0. The van der Waals surface area contributed by atoms with Crippen molar-refractivity contribution in [2.24, 2.45) is 0 Å². The van der Waals surface area contributed by atoms with Gasteiger partial charge in [-0.15, -0.1) is 0 Å². The molecule has 3 rings (SSSR count). The Morgan fingerprint density at radius 3 is 2.60 bits per heavy atom. The monoisotopic (exact) mass is 378 g/mol. The number of carbonyl (C=O) groups excluding carboxylic acids is 1. The molecule has 20 heavy (non-hydrogen) atoms. The van der Waals surface area contributed by atoms with Crippen LogP contribution in [0.4, 0.5) is 11.4 Å². The Morgan fingerprint density at radius 1 is 1.10 bits per heavy atom. The van der Waals surface area contributed by atoms with E-state index in [0.29, 0.717) is 11.3 Å². The lowest BCUT2D eigenvalue weighted by molar-refractivity contribution is 0.0998. The molecule has 0 aliphatic carbocycles. The lowest BCUT2D eigenvalue weighted by Crippen LogP contribution is -2.10. The molecule has 1 heterocycles. The first-order valence-corrected chi connectivity index (χ1v) is 7.06. The molecule has 0 atom stereocenters. The second-order valence-electron chi connectivity index (χ2n) is 4.37. The third kappa shape index (κ3) is 2.62. The van der Waals surface area contributed by atoms with Crippen LogP contribution in [0, 0.1) is 3.57 Å². The van der Waals surface area contributed by atoms with Gasteiger partial charge in [0.1, 0.15) is 5.58 Å². The lowest BCUT2D eigenvalue weighted by Gasteiger charge is -2.02. The van der Waals surface area contributed by atoms with E-state index in [1.807, 2.05) is 24.3 Å². The van der Waals surface area contributed by atoms with Crippen molar-refractivity contribution in [1.82, 2.24) is 0 Å². The number of nitrogens with one attached hydrogen (secondary N) is 1. The van der Waals surface area contributed by atoms with Crippen LogP contribution in [0.3, 0.4) is 0 Å². The quantitative estimate of drug-likeness (QED) is 0.526. The summed E-state index contributed by atoms with van der Waals surface area (Å²) in [6, 6.07) is 14.5. The highest BCUT2D eigenvalue weighted by molar-refractivity contribution is 14.1. The molecule has 100 valence electrons. The fourth-order valence-electron chi connectivity index (χ4n) is 1.90. The molecule has 2 aromatic carbocycles. The maximum absolute atomic E-state index is 12.1. The summed E-state index contributed by atoms with van der Waals surface area (Å²) in [7, 11) is 0. The molecule has 0 fully saturated rings. The molecule has 0 unspecified atom stereocenters. The van der Waals surface area contributed by atoms with Crippen LogP contribution >= 0.6 is 22.6 Å². The van der Waals surface area contributed by atoms with Gasteiger partial charge in [-0.2, -0.15) is 0 Å². The van der Waals surface area contributed by atoms with Gasteiger partial charge in [0.2, 0.25) is 0 Å². The van der Waals surface area contributed by atoms with E-state index >= 15 is 0 Å². The number of halogens is 1. The van der Waals surface area contributed by atoms with Gasteiger partial charge in [-0.05, 0) is 71.1 Å². The van der Waals surface area contributed by atoms with Crippen molar-refractivity contribution in [1.29, 1.82) is 0 Å². The third-order valence-electron chi connectivity index (χ3n) is 2.87. The van der Waals surface area contributed by atoms with Crippen LogP contribution in [0.25, 0.3) is 11.0 Å². The Labute approximate surface area is 129 Å². The van der Waals surface area contributed by atoms with Crippen LogP contribution in [-0.2, 0) is 0 Å². The van der Waals surface area contributed by atoms with Crippen LogP contribution < -0.4 is 11.1 Å². The van der Waals surface area contributed by atoms with E-state index in [1.165, 1.54) is 0 Å². The van der Waals surface area contributed by atoms with Crippen molar-refractivity contribution in [3.8, 4) is 0 Å². The number of carbonyl (C=O) groups is 1. The Balaban J connectivity index is 1.86. The topological polar surface area (TPSA) is 68.3 Å². The zero-order valence-corrected chi connectivity index (χ0v) is 12.5. The highest BCUT2D eigenvalue weighted by atomic mass is 127. The number of benzene rings is 2. The minimum absolute atomic E-state index is 0.268. The third-order valence-corrected chi connectivity index (χ3v) is 3.59. The summed E-state index contributed by atoms with van der Waals surface area (Å²) in [4.78, 5) is 12.1. The second kappa shape index (κ2) is 5.16. The van der Waals surface area contributed by atoms with Crippen molar-refractivity contribution < 1.29 is 9.21 Å². The molecule has 0 aliphatic heterocycles.